The van der Waals surface area contributed by atoms with Crippen LogP contribution in [0.25, 0.3) is 0 Å². The number of hydrogen-bond acceptors (Lipinski definition) is 4. The molecule has 3 rings (SSSR count). The summed E-state index contributed by atoms with van der Waals surface area (Å²) in [5.74, 6) is -0.00295. The third-order valence-corrected chi connectivity index (χ3v) is 6.97. The summed E-state index contributed by atoms with van der Waals surface area (Å²) in [6.45, 7) is 0.983. The smallest absolute Gasteiger partial charge is 0.254 e. The molecule has 0 spiro atoms. The summed E-state index contributed by atoms with van der Waals surface area (Å²) in [5.41, 5.74) is 0.689. The lowest BCUT2D eigenvalue weighted by atomic mass is 10.1. The van der Waals surface area contributed by atoms with E-state index in [0.717, 1.165) is 0 Å². The molecule has 0 saturated carbocycles. The lowest BCUT2D eigenvalue weighted by Gasteiger charge is -2.31. The minimum Gasteiger partial charge on any atom is -0.339 e. The molecule has 0 aliphatic carbocycles. The van der Waals surface area contributed by atoms with Gasteiger partial charge in [0, 0.05) is 18.5 Å². The van der Waals surface area contributed by atoms with Gasteiger partial charge >= 0.3 is 0 Å². The lowest BCUT2D eigenvalue weighted by Crippen LogP contribution is -2.42. The Bertz CT molecular complexity index is 731. The molecule has 0 atom stereocenters. The average Bonchev–Trinajstić information content (AvgIpc) is 3.09. The second kappa shape index (κ2) is 6.22. The molecule has 1 aromatic heterocycles. The van der Waals surface area contributed by atoms with Gasteiger partial charge in [-0.15, -0.1) is 0 Å². The summed E-state index contributed by atoms with van der Waals surface area (Å²) in [4.78, 5) is 14.4. The van der Waals surface area contributed by atoms with Gasteiger partial charge in [-0.1, -0.05) is 18.2 Å². The van der Waals surface area contributed by atoms with Crippen molar-refractivity contribution in [3.8, 4) is 0 Å². The molecular formula is C16H17NO3S2. The topological polar surface area (TPSA) is 54.5 Å². The van der Waals surface area contributed by atoms with E-state index in [2.05, 4.69) is 0 Å². The third kappa shape index (κ3) is 2.94. The predicted octanol–water partition coefficient (Wildman–Crippen LogP) is 2.83. The van der Waals surface area contributed by atoms with Crippen molar-refractivity contribution in [2.75, 3.05) is 13.1 Å². The van der Waals surface area contributed by atoms with E-state index < -0.39 is 15.1 Å². The van der Waals surface area contributed by atoms with Crippen molar-refractivity contribution in [1.82, 2.24) is 4.90 Å². The summed E-state index contributed by atoms with van der Waals surface area (Å²) < 4.78 is 25.2. The van der Waals surface area contributed by atoms with Gasteiger partial charge in [-0.25, -0.2) is 8.42 Å². The Hall–Kier alpha value is -1.66. The van der Waals surface area contributed by atoms with Gasteiger partial charge < -0.3 is 4.90 Å². The fraction of sp³-hybridized carbons (Fsp3) is 0.312. The number of piperidine rings is 1. The van der Waals surface area contributed by atoms with Crippen LogP contribution in [0.2, 0.25) is 0 Å². The van der Waals surface area contributed by atoms with Gasteiger partial charge in [0.25, 0.3) is 5.91 Å². The highest BCUT2D eigenvalue weighted by Crippen LogP contribution is 2.25. The van der Waals surface area contributed by atoms with Crippen LogP contribution in [0, 0.1) is 0 Å². The average molecular weight is 335 g/mol. The molecule has 1 fully saturated rings. The molecule has 22 heavy (non-hydrogen) atoms. The maximum absolute atomic E-state index is 12.6. The highest BCUT2D eigenvalue weighted by atomic mass is 32.2. The van der Waals surface area contributed by atoms with E-state index in [1.807, 2.05) is 10.8 Å². The molecule has 0 N–H and O–H groups in total. The zero-order valence-electron chi connectivity index (χ0n) is 12.0. The highest BCUT2D eigenvalue weighted by Gasteiger charge is 2.32. The number of thiophene rings is 1. The number of benzene rings is 1. The quantitative estimate of drug-likeness (QED) is 0.867. The molecule has 4 nitrogen and oxygen atoms in total. The third-order valence-electron chi connectivity index (χ3n) is 4.01. The van der Waals surface area contributed by atoms with E-state index in [1.54, 1.807) is 41.3 Å². The van der Waals surface area contributed by atoms with Gasteiger partial charge in [-0.2, -0.15) is 11.3 Å². The fourth-order valence-corrected chi connectivity index (χ4v) is 5.12. The van der Waals surface area contributed by atoms with Crippen molar-refractivity contribution in [3.63, 3.8) is 0 Å². The van der Waals surface area contributed by atoms with Crippen LogP contribution in [0.15, 0.2) is 52.1 Å². The summed E-state index contributed by atoms with van der Waals surface area (Å²) >= 11 is 1.49. The van der Waals surface area contributed by atoms with Crippen LogP contribution >= 0.6 is 11.3 Å². The van der Waals surface area contributed by atoms with E-state index in [4.69, 9.17) is 0 Å². The molecular weight excluding hydrogens is 318 g/mol. The molecule has 116 valence electrons. The van der Waals surface area contributed by atoms with E-state index >= 15 is 0 Å². The first kappa shape index (κ1) is 15.2. The molecule has 1 amide bonds. The molecule has 0 bridgehead atoms. The van der Waals surface area contributed by atoms with Gasteiger partial charge in [0.2, 0.25) is 0 Å². The normalized spacial score (nSPS) is 16.6. The number of hydrogen-bond donors (Lipinski definition) is 0. The number of nitrogens with zero attached hydrogens (tertiary/aromatic N) is 1. The number of sulfone groups is 1. The first-order chi connectivity index (χ1) is 10.6. The number of rotatable bonds is 3. The highest BCUT2D eigenvalue weighted by molar-refractivity contribution is 7.92. The van der Waals surface area contributed by atoms with Crippen LogP contribution < -0.4 is 0 Å². The number of carbonyl (C=O) groups excluding carboxylic acids is 1. The summed E-state index contributed by atoms with van der Waals surface area (Å²) in [6.07, 6.45) is 0.986. The number of amides is 1. The summed E-state index contributed by atoms with van der Waals surface area (Å²) in [5, 5.41) is 3.30. The van der Waals surface area contributed by atoms with Gasteiger partial charge in [0.1, 0.15) is 0 Å². The number of carbonyl (C=O) groups is 1. The van der Waals surface area contributed by atoms with E-state index in [-0.39, 0.29) is 5.91 Å². The van der Waals surface area contributed by atoms with Crippen molar-refractivity contribution in [3.05, 3.63) is 52.7 Å². The minimum absolute atomic E-state index is 0.00295. The van der Waals surface area contributed by atoms with Crippen molar-refractivity contribution in [1.29, 1.82) is 0 Å². The molecule has 1 aliphatic heterocycles. The van der Waals surface area contributed by atoms with Crippen LogP contribution in [0.3, 0.4) is 0 Å². The molecule has 0 unspecified atom stereocenters. The second-order valence-corrected chi connectivity index (χ2v) is 8.37. The summed E-state index contributed by atoms with van der Waals surface area (Å²) in [6, 6.07) is 10.4. The first-order valence-corrected chi connectivity index (χ1v) is 9.68. The lowest BCUT2D eigenvalue weighted by molar-refractivity contribution is 0.0726. The Labute approximate surface area is 134 Å². The van der Waals surface area contributed by atoms with Gasteiger partial charge in [-0.3, -0.25) is 4.79 Å². The first-order valence-electron chi connectivity index (χ1n) is 7.19. The molecule has 1 aromatic carbocycles. The summed E-state index contributed by atoms with van der Waals surface area (Å²) in [7, 11) is -3.30. The Morgan fingerprint density at radius 2 is 1.77 bits per heavy atom. The van der Waals surface area contributed by atoms with E-state index in [9.17, 15) is 13.2 Å². The molecule has 6 heteroatoms. The van der Waals surface area contributed by atoms with Gasteiger partial charge in [0.05, 0.1) is 15.7 Å². The van der Waals surface area contributed by atoms with Crippen LogP contribution in [0.5, 0.6) is 0 Å². The van der Waals surface area contributed by atoms with Gasteiger partial charge in [-0.05, 0) is 36.4 Å². The minimum atomic E-state index is -3.30. The van der Waals surface area contributed by atoms with E-state index in [1.165, 1.54) is 11.3 Å². The molecule has 2 aromatic rings. The van der Waals surface area contributed by atoms with Crippen LogP contribution in [0.4, 0.5) is 0 Å². The Balaban J connectivity index is 1.68. The van der Waals surface area contributed by atoms with Gasteiger partial charge in [0.15, 0.2) is 9.84 Å². The molecule has 1 saturated heterocycles. The Kier molecular flexibility index (Phi) is 4.31. The standard InChI is InChI=1S/C16H17NO3S2/c18-16(13-8-11-21-12-13)17-9-6-15(7-10-17)22(19,20)14-4-2-1-3-5-14/h1-5,8,11-12,15H,6-7,9-10H2. The molecule has 2 heterocycles. The SMILES string of the molecule is O=C(c1ccsc1)N1CCC(S(=O)(=O)c2ccccc2)CC1. The molecule has 0 radical (unpaired) electrons. The zero-order chi connectivity index (χ0) is 15.6. The Morgan fingerprint density at radius 1 is 1.09 bits per heavy atom. The Morgan fingerprint density at radius 3 is 2.36 bits per heavy atom. The zero-order valence-corrected chi connectivity index (χ0v) is 13.6. The van der Waals surface area contributed by atoms with Crippen molar-refractivity contribution in [2.45, 2.75) is 23.0 Å². The van der Waals surface area contributed by atoms with Crippen LogP contribution in [-0.2, 0) is 9.84 Å². The van der Waals surface area contributed by atoms with Crippen LogP contribution in [0.1, 0.15) is 23.2 Å². The maximum atomic E-state index is 12.6. The number of likely N-dealkylation sites (tertiary alicyclic amines) is 1. The van der Waals surface area contributed by atoms with E-state index in [0.29, 0.717) is 36.4 Å². The van der Waals surface area contributed by atoms with Crippen LogP contribution in [-0.4, -0.2) is 37.6 Å². The fourth-order valence-electron chi connectivity index (χ4n) is 2.74. The van der Waals surface area contributed by atoms with Crippen molar-refractivity contribution >= 4 is 27.1 Å². The van der Waals surface area contributed by atoms with Crippen molar-refractivity contribution in [2.24, 2.45) is 0 Å². The molecule has 1 aliphatic rings. The second-order valence-electron chi connectivity index (χ2n) is 5.36. The maximum Gasteiger partial charge on any atom is 0.254 e. The monoisotopic (exact) mass is 335 g/mol. The van der Waals surface area contributed by atoms with Crippen molar-refractivity contribution < 1.29 is 13.2 Å². The predicted molar refractivity (Wildman–Crippen MR) is 86.9 cm³/mol. The largest absolute Gasteiger partial charge is 0.339 e.